The minimum atomic E-state index is -0.674. The van der Waals surface area contributed by atoms with Crippen molar-refractivity contribution in [1.29, 1.82) is 0 Å². The molecule has 0 aliphatic rings. The lowest BCUT2D eigenvalue weighted by Gasteiger charge is -2.18. The molecule has 2 aromatic carbocycles. The van der Waals surface area contributed by atoms with Gasteiger partial charge in [-0.3, -0.25) is 4.79 Å². The van der Waals surface area contributed by atoms with Gasteiger partial charge in [0.15, 0.2) is 0 Å². The van der Waals surface area contributed by atoms with Crippen LogP contribution in [0.3, 0.4) is 0 Å². The van der Waals surface area contributed by atoms with Gasteiger partial charge in [-0.05, 0) is 42.8 Å². The van der Waals surface area contributed by atoms with Crippen LogP contribution < -0.4 is 16.8 Å². The summed E-state index contributed by atoms with van der Waals surface area (Å²) in [5.41, 5.74) is 13.2. The summed E-state index contributed by atoms with van der Waals surface area (Å²) in [5, 5.41) is 3.14. The van der Waals surface area contributed by atoms with Crippen molar-refractivity contribution in [3.8, 4) is 0 Å². The Morgan fingerprint density at radius 3 is 2.65 bits per heavy atom. The first-order valence-electron chi connectivity index (χ1n) is 6.18. The topological polar surface area (TPSA) is 81.1 Å². The van der Waals surface area contributed by atoms with Crippen molar-refractivity contribution in [1.82, 2.24) is 0 Å². The molecule has 5 heteroatoms. The molecule has 0 bridgehead atoms. The van der Waals surface area contributed by atoms with Crippen LogP contribution in [0, 0.1) is 5.82 Å². The van der Waals surface area contributed by atoms with Crippen molar-refractivity contribution < 1.29 is 9.18 Å². The van der Waals surface area contributed by atoms with Crippen molar-refractivity contribution in [2.75, 3.05) is 11.1 Å². The number of benzene rings is 2. The van der Waals surface area contributed by atoms with E-state index in [0.29, 0.717) is 11.4 Å². The highest BCUT2D eigenvalue weighted by Crippen LogP contribution is 2.24. The monoisotopic (exact) mass is 273 g/mol. The third-order valence-electron chi connectivity index (χ3n) is 3.03. The SMILES string of the molecule is CC(Nc1ccc(F)cc1C(N)=O)c1cccc(N)c1. The molecule has 0 aliphatic carbocycles. The first-order valence-corrected chi connectivity index (χ1v) is 6.18. The molecular weight excluding hydrogens is 257 g/mol. The molecule has 0 spiro atoms. The molecule has 0 fully saturated rings. The molecule has 0 radical (unpaired) electrons. The Morgan fingerprint density at radius 2 is 2.00 bits per heavy atom. The van der Waals surface area contributed by atoms with Gasteiger partial charge >= 0.3 is 0 Å². The second kappa shape index (κ2) is 5.61. The number of halogens is 1. The van der Waals surface area contributed by atoms with Gasteiger partial charge in [-0.1, -0.05) is 12.1 Å². The molecule has 2 rings (SSSR count). The van der Waals surface area contributed by atoms with Crippen LogP contribution >= 0.6 is 0 Å². The summed E-state index contributed by atoms with van der Waals surface area (Å²) in [6.45, 7) is 1.92. The van der Waals surface area contributed by atoms with Gasteiger partial charge in [0.1, 0.15) is 5.82 Å². The zero-order valence-corrected chi connectivity index (χ0v) is 11.1. The summed E-state index contributed by atoms with van der Waals surface area (Å²) < 4.78 is 13.2. The fourth-order valence-corrected chi connectivity index (χ4v) is 1.99. The molecule has 1 atom stereocenters. The number of hydrogen-bond acceptors (Lipinski definition) is 3. The molecule has 0 aromatic heterocycles. The smallest absolute Gasteiger partial charge is 0.250 e. The van der Waals surface area contributed by atoms with Crippen LogP contribution in [0.25, 0.3) is 0 Å². The first kappa shape index (κ1) is 13.9. The van der Waals surface area contributed by atoms with Crippen LogP contribution in [0.5, 0.6) is 0 Å². The number of anilines is 2. The quantitative estimate of drug-likeness (QED) is 0.749. The number of nitrogens with two attached hydrogens (primary N) is 2. The Hall–Kier alpha value is -2.56. The van der Waals surface area contributed by atoms with E-state index < -0.39 is 11.7 Å². The number of rotatable bonds is 4. The van der Waals surface area contributed by atoms with Gasteiger partial charge in [0, 0.05) is 17.4 Å². The van der Waals surface area contributed by atoms with Crippen molar-refractivity contribution in [2.24, 2.45) is 5.73 Å². The zero-order valence-electron chi connectivity index (χ0n) is 11.1. The van der Waals surface area contributed by atoms with Gasteiger partial charge in [-0.25, -0.2) is 4.39 Å². The number of nitrogen functional groups attached to an aromatic ring is 1. The number of hydrogen-bond donors (Lipinski definition) is 3. The molecule has 0 aliphatic heterocycles. The lowest BCUT2D eigenvalue weighted by molar-refractivity contribution is 0.100. The summed E-state index contributed by atoms with van der Waals surface area (Å²) in [5.74, 6) is -1.17. The molecular formula is C15H16FN3O. The van der Waals surface area contributed by atoms with Crippen molar-refractivity contribution in [2.45, 2.75) is 13.0 Å². The molecule has 104 valence electrons. The Bertz CT molecular complexity index is 643. The maximum atomic E-state index is 13.2. The molecule has 0 saturated heterocycles. The highest BCUT2D eigenvalue weighted by atomic mass is 19.1. The second-order valence-electron chi connectivity index (χ2n) is 4.59. The molecule has 5 N–H and O–H groups in total. The summed E-state index contributed by atoms with van der Waals surface area (Å²) in [4.78, 5) is 11.3. The maximum absolute atomic E-state index is 13.2. The number of amides is 1. The van der Waals surface area contributed by atoms with E-state index in [1.165, 1.54) is 12.1 Å². The van der Waals surface area contributed by atoms with E-state index in [-0.39, 0.29) is 11.6 Å². The first-order chi connectivity index (χ1) is 9.47. The van der Waals surface area contributed by atoms with Gasteiger partial charge in [0.05, 0.1) is 5.56 Å². The van der Waals surface area contributed by atoms with Crippen LogP contribution in [0.1, 0.15) is 28.9 Å². The average Bonchev–Trinajstić information content (AvgIpc) is 2.40. The second-order valence-corrected chi connectivity index (χ2v) is 4.59. The predicted molar refractivity (Wildman–Crippen MR) is 77.8 cm³/mol. The van der Waals surface area contributed by atoms with Crippen LogP contribution in [-0.4, -0.2) is 5.91 Å². The lowest BCUT2D eigenvalue weighted by atomic mass is 10.1. The molecule has 1 unspecified atom stereocenters. The fraction of sp³-hybridized carbons (Fsp3) is 0.133. The lowest BCUT2D eigenvalue weighted by Crippen LogP contribution is -2.16. The minimum Gasteiger partial charge on any atom is -0.399 e. The fourth-order valence-electron chi connectivity index (χ4n) is 1.99. The highest BCUT2D eigenvalue weighted by molar-refractivity contribution is 5.98. The summed E-state index contributed by atoms with van der Waals surface area (Å²) in [6.07, 6.45) is 0. The van der Waals surface area contributed by atoms with Crippen LogP contribution in [0.15, 0.2) is 42.5 Å². The van der Waals surface area contributed by atoms with E-state index >= 15 is 0 Å². The average molecular weight is 273 g/mol. The zero-order chi connectivity index (χ0) is 14.7. The van der Waals surface area contributed by atoms with Crippen LogP contribution in [-0.2, 0) is 0 Å². The molecule has 0 heterocycles. The Balaban J connectivity index is 2.28. The summed E-state index contributed by atoms with van der Waals surface area (Å²) >= 11 is 0. The van der Waals surface area contributed by atoms with E-state index in [1.807, 2.05) is 25.1 Å². The Labute approximate surface area is 116 Å². The van der Waals surface area contributed by atoms with E-state index in [1.54, 1.807) is 6.07 Å². The Morgan fingerprint density at radius 1 is 1.25 bits per heavy atom. The molecule has 2 aromatic rings. The van der Waals surface area contributed by atoms with Gasteiger partial charge in [0.2, 0.25) is 0 Å². The highest BCUT2D eigenvalue weighted by Gasteiger charge is 2.12. The van der Waals surface area contributed by atoms with E-state index in [2.05, 4.69) is 5.32 Å². The molecule has 4 nitrogen and oxygen atoms in total. The van der Waals surface area contributed by atoms with Crippen LogP contribution in [0.2, 0.25) is 0 Å². The number of carbonyl (C=O) groups excluding carboxylic acids is 1. The third kappa shape index (κ3) is 3.06. The molecule has 0 saturated carbocycles. The van der Waals surface area contributed by atoms with Crippen molar-refractivity contribution in [3.05, 3.63) is 59.4 Å². The largest absolute Gasteiger partial charge is 0.399 e. The van der Waals surface area contributed by atoms with Gasteiger partial charge in [-0.2, -0.15) is 0 Å². The van der Waals surface area contributed by atoms with E-state index in [9.17, 15) is 9.18 Å². The summed E-state index contributed by atoms with van der Waals surface area (Å²) in [6, 6.07) is 11.2. The molecule has 1 amide bonds. The minimum absolute atomic E-state index is 0.0953. The van der Waals surface area contributed by atoms with Crippen LogP contribution in [0.4, 0.5) is 15.8 Å². The van der Waals surface area contributed by atoms with Gasteiger partial charge in [-0.15, -0.1) is 0 Å². The van der Waals surface area contributed by atoms with Crippen molar-refractivity contribution in [3.63, 3.8) is 0 Å². The maximum Gasteiger partial charge on any atom is 0.250 e. The van der Waals surface area contributed by atoms with E-state index in [0.717, 1.165) is 11.6 Å². The van der Waals surface area contributed by atoms with Gasteiger partial charge < -0.3 is 16.8 Å². The van der Waals surface area contributed by atoms with E-state index in [4.69, 9.17) is 11.5 Å². The standard InChI is InChI=1S/C15H16FN3O/c1-9(10-3-2-4-12(17)7-10)19-14-6-5-11(16)8-13(14)15(18)20/h2-9,19H,17H2,1H3,(H2,18,20). The third-order valence-corrected chi connectivity index (χ3v) is 3.03. The Kier molecular flexibility index (Phi) is 3.89. The number of carbonyl (C=O) groups is 1. The molecule has 20 heavy (non-hydrogen) atoms. The van der Waals surface area contributed by atoms with Gasteiger partial charge in [0.25, 0.3) is 5.91 Å². The number of primary amides is 1. The predicted octanol–water partition coefficient (Wildman–Crippen LogP) is 2.68. The normalized spacial score (nSPS) is 11.9. The summed E-state index contributed by atoms with van der Waals surface area (Å²) in [7, 11) is 0. The van der Waals surface area contributed by atoms with Crippen molar-refractivity contribution >= 4 is 17.3 Å². The number of nitrogens with one attached hydrogen (secondary N) is 1.